The van der Waals surface area contributed by atoms with E-state index in [9.17, 15) is 0 Å². The van der Waals surface area contributed by atoms with Gasteiger partial charge in [0.05, 0.1) is 6.54 Å². The Morgan fingerprint density at radius 2 is 1.84 bits per heavy atom. The van der Waals surface area contributed by atoms with E-state index in [4.69, 9.17) is 4.52 Å². The molecule has 0 atom stereocenters. The number of hydrogen-bond acceptors (Lipinski definition) is 5. The summed E-state index contributed by atoms with van der Waals surface area (Å²) in [5.41, 5.74) is 1.21. The molecule has 0 bridgehead atoms. The Bertz CT molecular complexity index is 616. The molecule has 0 unspecified atom stereocenters. The van der Waals surface area contributed by atoms with Crippen molar-refractivity contribution in [3.05, 3.63) is 47.6 Å². The minimum Gasteiger partial charge on any atom is -0.338 e. The Balaban J connectivity index is 1.45. The number of piperidine rings is 1. The molecule has 0 aliphatic carbocycles. The monoisotopic (exact) mass is 342 g/mol. The van der Waals surface area contributed by atoms with E-state index < -0.39 is 0 Å². The van der Waals surface area contributed by atoms with E-state index >= 15 is 0 Å². The number of rotatable bonds is 8. The summed E-state index contributed by atoms with van der Waals surface area (Å²) in [5, 5.41) is 4.13. The normalized spacial score (nSPS) is 16.6. The van der Waals surface area contributed by atoms with E-state index in [2.05, 4.69) is 45.9 Å². The molecule has 1 fully saturated rings. The van der Waals surface area contributed by atoms with Crippen molar-refractivity contribution in [1.29, 1.82) is 0 Å². The molecular formula is C20H30N4O. The lowest BCUT2D eigenvalue weighted by molar-refractivity contribution is 0.132. The Hall–Kier alpha value is -1.72. The number of aromatic nitrogens is 2. The van der Waals surface area contributed by atoms with Crippen molar-refractivity contribution in [2.45, 2.75) is 39.7 Å². The highest BCUT2D eigenvalue weighted by Crippen LogP contribution is 2.20. The second kappa shape index (κ2) is 9.11. The highest BCUT2D eigenvalue weighted by Gasteiger charge is 2.22. The molecular weight excluding hydrogens is 312 g/mol. The lowest BCUT2D eigenvalue weighted by Gasteiger charge is -2.33. The van der Waals surface area contributed by atoms with Gasteiger partial charge in [-0.3, -0.25) is 4.90 Å². The minimum absolute atomic E-state index is 0.732. The highest BCUT2D eigenvalue weighted by atomic mass is 16.5. The average Bonchev–Trinajstić information content (AvgIpc) is 3.08. The number of likely N-dealkylation sites (tertiary alicyclic amines) is 1. The van der Waals surface area contributed by atoms with Crippen LogP contribution >= 0.6 is 0 Å². The molecule has 0 saturated carbocycles. The van der Waals surface area contributed by atoms with Crippen LogP contribution < -0.4 is 0 Å². The summed E-state index contributed by atoms with van der Waals surface area (Å²) in [6, 6.07) is 10.3. The fraction of sp³-hybridized carbons (Fsp3) is 0.600. The molecule has 1 aliphatic rings. The number of nitrogens with zero attached hydrogens (tertiary/aromatic N) is 4. The predicted octanol–water partition coefficient (Wildman–Crippen LogP) is 3.21. The quantitative estimate of drug-likeness (QED) is 0.737. The molecule has 1 saturated heterocycles. The van der Waals surface area contributed by atoms with Crippen LogP contribution in [0.3, 0.4) is 0 Å². The van der Waals surface area contributed by atoms with Gasteiger partial charge < -0.3 is 9.42 Å². The Labute approximate surface area is 151 Å². The van der Waals surface area contributed by atoms with Crippen LogP contribution in [0.5, 0.6) is 0 Å². The zero-order valence-corrected chi connectivity index (χ0v) is 15.5. The van der Waals surface area contributed by atoms with Crippen LogP contribution in [0.25, 0.3) is 0 Å². The molecule has 1 aromatic heterocycles. The smallest absolute Gasteiger partial charge is 0.240 e. The van der Waals surface area contributed by atoms with Gasteiger partial charge in [-0.05, 0) is 50.5 Å². The molecule has 2 aromatic rings. The summed E-state index contributed by atoms with van der Waals surface area (Å²) >= 11 is 0. The maximum atomic E-state index is 5.45. The molecule has 0 spiro atoms. The Kier molecular flexibility index (Phi) is 6.59. The molecule has 5 heteroatoms. The molecule has 25 heavy (non-hydrogen) atoms. The number of benzene rings is 1. The molecule has 136 valence electrons. The first-order valence-electron chi connectivity index (χ1n) is 9.57. The predicted molar refractivity (Wildman–Crippen MR) is 99.3 cm³/mol. The molecule has 1 aliphatic heterocycles. The SMILES string of the molecule is CCN(CC)CC1CCN(Cc2nc(Cc3ccccc3)no2)CC1. The van der Waals surface area contributed by atoms with Crippen LogP contribution in [-0.4, -0.2) is 52.7 Å². The van der Waals surface area contributed by atoms with E-state index in [0.29, 0.717) is 0 Å². The Morgan fingerprint density at radius 3 is 2.52 bits per heavy atom. The van der Waals surface area contributed by atoms with Gasteiger partial charge >= 0.3 is 0 Å². The van der Waals surface area contributed by atoms with Crippen molar-refractivity contribution in [3.8, 4) is 0 Å². The first-order chi connectivity index (χ1) is 12.3. The molecule has 5 nitrogen and oxygen atoms in total. The second-order valence-electron chi connectivity index (χ2n) is 6.97. The summed E-state index contributed by atoms with van der Waals surface area (Å²) in [5.74, 6) is 2.35. The summed E-state index contributed by atoms with van der Waals surface area (Å²) in [6.45, 7) is 11.1. The van der Waals surface area contributed by atoms with Gasteiger partial charge in [0.2, 0.25) is 5.89 Å². The van der Waals surface area contributed by atoms with E-state index in [1.165, 1.54) is 24.9 Å². The van der Waals surface area contributed by atoms with Gasteiger partial charge in [-0.25, -0.2) is 0 Å². The maximum Gasteiger partial charge on any atom is 0.240 e. The van der Waals surface area contributed by atoms with Gasteiger partial charge in [0, 0.05) is 13.0 Å². The molecule has 1 aromatic carbocycles. The van der Waals surface area contributed by atoms with Crippen molar-refractivity contribution in [2.24, 2.45) is 5.92 Å². The largest absolute Gasteiger partial charge is 0.338 e. The summed E-state index contributed by atoms with van der Waals surface area (Å²) in [6.07, 6.45) is 3.26. The topological polar surface area (TPSA) is 45.4 Å². The van der Waals surface area contributed by atoms with Crippen LogP contribution in [0.4, 0.5) is 0 Å². The highest BCUT2D eigenvalue weighted by molar-refractivity contribution is 5.18. The maximum absolute atomic E-state index is 5.45. The molecule has 3 rings (SSSR count). The lowest BCUT2D eigenvalue weighted by Crippen LogP contribution is -2.38. The van der Waals surface area contributed by atoms with Crippen molar-refractivity contribution < 1.29 is 4.52 Å². The molecule has 0 amide bonds. The average molecular weight is 342 g/mol. The summed E-state index contributed by atoms with van der Waals surface area (Å²) in [7, 11) is 0. The van der Waals surface area contributed by atoms with Crippen LogP contribution in [0.1, 0.15) is 44.0 Å². The Morgan fingerprint density at radius 1 is 1.12 bits per heavy atom. The third kappa shape index (κ3) is 5.38. The van der Waals surface area contributed by atoms with E-state index in [1.807, 2.05) is 18.2 Å². The van der Waals surface area contributed by atoms with Gasteiger partial charge in [0.15, 0.2) is 5.82 Å². The van der Waals surface area contributed by atoms with Gasteiger partial charge in [0.1, 0.15) is 0 Å². The van der Waals surface area contributed by atoms with E-state index in [-0.39, 0.29) is 0 Å². The molecule has 0 radical (unpaired) electrons. The molecule has 2 heterocycles. The minimum atomic E-state index is 0.732. The molecule has 0 N–H and O–H groups in total. The first-order valence-corrected chi connectivity index (χ1v) is 9.57. The van der Waals surface area contributed by atoms with Gasteiger partial charge in [-0.1, -0.05) is 49.3 Å². The van der Waals surface area contributed by atoms with Crippen LogP contribution in [0, 0.1) is 5.92 Å². The second-order valence-corrected chi connectivity index (χ2v) is 6.97. The van der Waals surface area contributed by atoms with Crippen LogP contribution in [-0.2, 0) is 13.0 Å². The van der Waals surface area contributed by atoms with Crippen LogP contribution in [0.15, 0.2) is 34.9 Å². The third-order valence-corrected chi connectivity index (χ3v) is 5.19. The standard InChI is InChI=1S/C20H30N4O/c1-3-23(4-2)15-18-10-12-24(13-11-18)16-20-21-19(22-25-20)14-17-8-6-5-7-9-17/h5-9,18H,3-4,10-16H2,1-2H3. The fourth-order valence-electron chi connectivity index (χ4n) is 3.57. The van der Waals surface area contributed by atoms with E-state index in [0.717, 1.165) is 56.8 Å². The number of hydrogen-bond donors (Lipinski definition) is 0. The zero-order chi connectivity index (χ0) is 17.5. The fourth-order valence-corrected chi connectivity index (χ4v) is 3.57. The first kappa shape index (κ1) is 18.1. The zero-order valence-electron chi connectivity index (χ0n) is 15.5. The van der Waals surface area contributed by atoms with Gasteiger partial charge in [-0.15, -0.1) is 0 Å². The van der Waals surface area contributed by atoms with Crippen LogP contribution in [0.2, 0.25) is 0 Å². The van der Waals surface area contributed by atoms with Crippen molar-refractivity contribution >= 4 is 0 Å². The van der Waals surface area contributed by atoms with Gasteiger partial charge in [-0.2, -0.15) is 4.98 Å². The van der Waals surface area contributed by atoms with Crippen molar-refractivity contribution in [2.75, 3.05) is 32.7 Å². The third-order valence-electron chi connectivity index (χ3n) is 5.19. The van der Waals surface area contributed by atoms with Crippen molar-refractivity contribution in [1.82, 2.24) is 19.9 Å². The van der Waals surface area contributed by atoms with Crippen molar-refractivity contribution in [3.63, 3.8) is 0 Å². The summed E-state index contributed by atoms with van der Waals surface area (Å²) in [4.78, 5) is 9.54. The van der Waals surface area contributed by atoms with E-state index in [1.54, 1.807) is 0 Å². The van der Waals surface area contributed by atoms with Gasteiger partial charge in [0.25, 0.3) is 0 Å². The summed E-state index contributed by atoms with van der Waals surface area (Å²) < 4.78 is 5.45. The lowest BCUT2D eigenvalue weighted by atomic mass is 9.96.